The molecule has 12 heavy (non-hydrogen) atoms. The number of hydrogen-bond donors (Lipinski definition) is 1. The van der Waals surface area contributed by atoms with Crippen molar-refractivity contribution in [2.45, 2.75) is 52.1 Å². The van der Waals surface area contributed by atoms with Crippen LogP contribution in [0.3, 0.4) is 0 Å². The van der Waals surface area contributed by atoms with Gasteiger partial charge >= 0.3 is 0 Å². The van der Waals surface area contributed by atoms with Crippen LogP contribution in [0.4, 0.5) is 0 Å². The van der Waals surface area contributed by atoms with Gasteiger partial charge in [0.25, 0.3) is 0 Å². The second kappa shape index (κ2) is 8.93. The van der Waals surface area contributed by atoms with Crippen molar-refractivity contribution in [1.29, 1.82) is 0 Å². The summed E-state index contributed by atoms with van der Waals surface area (Å²) in [5, 5.41) is 15.0. The van der Waals surface area contributed by atoms with Gasteiger partial charge in [0.15, 0.2) is 0 Å². The lowest BCUT2D eigenvalue weighted by atomic mass is 10.1. The maximum Gasteiger partial charge on any atom is 0.0934 e. The highest BCUT2D eigenvalue weighted by molar-refractivity contribution is 4.48. The second-order valence-corrected chi connectivity index (χ2v) is 2.90. The van der Waals surface area contributed by atoms with E-state index in [4.69, 9.17) is 5.26 Å². The van der Waals surface area contributed by atoms with E-state index < -0.39 is 0 Å². The van der Waals surface area contributed by atoms with Gasteiger partial charge in [-0.3, -0.25) is 0 Å². The topological polar surface area (TPSA) is 47.9 Å². The first-order valence-electron chi connectivity index (χ1n) is 4.44. The molecule has 1 N–H and O–H groups in total. The molecule has 0 heterocycles. The Morgan fingerprint density at radius 2 is 2.00 bits per heavy atom. The zero-order chi connectivity index (χ0) is 9.23. The van der Waals surface area contributed by atoms with Gasteiger partial charge in [-0.15, -0.1) is 0 Å². The first kappa shape index (κ1) is 11.8. The van der Waals surface area contributed by atoms with Gasteiger partial charge in [0.05, 0.1) is 6.10 Å². The van der Waals surface area contributed by atoms with Crippen LogP contribution >= 0.6 is 0 Å². The molecule has 0 radical (unpaired) electrons. The molecular weight excluding hydrogens is 160 g/mol. The van der Waals surface area contributed by atoms with Crippen LogP contribution in [-0.2, 0) is 15.0 Å². The molecule has 0 saturated heterocycles. The Morgan fingerprint density at radius 1 is 1.25 bits per heavy atom. The Hall–Kier alpha value is -0.160. The lowest BCUT2D eigenvalue weighted by molar-refractivity contribution is -0.630. The quantitative estimate of drug-likeness (QED) is 0.352. The fraction of sp³-hybridized carbons (Fsp3) is 1.00. The van der Waals surface area contributed by atoms with Gasteiger partial charge in [0.2, 0.25) is 0 Å². The Bertz CT molecular complexity index is 87.1. The summed E-state index contributed by atoms with van der Waals surface area (Å²) in [4.78, 5) is 4.60. The second-order valence-electron chi connectivity index (χ2n) is 2.90. The van der Waals surface area contributed by atoms with Gasteiger partial charge in [-0.2, -0.15) is 0 Å². The number of hydrogen-bond acceptors (Lipinski definition) is 4. The molecule has 0 aromatic carbocycles. The molecule has 1 unspecified atom stereocenters. The van der Waals surface area contributed by atoms with Gasteiger partial charge in [0, 0.05) is 0 Å². The van der Waals surface area contributed by atoms with Crippen molar-refractivity contribution in [3.8, 4) is 0 Å². The van der Waals surface area contributed by atoms with Crippen LogP contribution in [0.25, 0.3) is 0 Å². The third-order valence-electron chi connectivity index (χ3n) is 1.70. The monoisotopic (exact) mass is 178 g/mol. The Balaban J connectivity index is 3.02. The van der Waals surface area contributed by atoms with Crippen molar-refractivity contribution >= 4 is 0 Å². The van der Waals surface area contributed by atoms with E-state index in [1.807, 2.05) is 6.92 Å². The lowest BCUT2D eigenvalue weighted by Gasteiger charge is -2.07. The van der Waals surface area contributed by atoms with E-state index in [9.17, 15) is 0 Å². The highest BCUT2D eigenvalue weighted by atomic mass is 17.6. The zero-order valence-electron chi connectivity index (χ0n) is 7.78. The standard InChI is InChI=1S/C8H18O4/c1-3-4-5-6-7-8(2)10-12-11-9/h8-9H,3-7H2,1-2H3. The summed E-state index contributed by atoms with van der Waals surface area (Å²) in [7, 11) is 0. The van der Waals surface area contributed by atoms with Crippen LogP contribution in [-0.4, -0.2) is 11.4 Å². The highest BCUT2D eigenvalue weighted by Crippen LogP contribution is 2.07. The first-order valence-corrected chi connectivity index (χ1v) is 4.44. The predicted octanol–water partition coefficient (Wildman–Crippen LogP) is 2.70. The van der Waals surface area contributed by atoms with E-state index in [1.165, 1.54) is 19.3 Å². The van der Waals surface area contributed by atoms with Crippen molar-refractivity contribution in [1.82, 2.24) is 0 Å². The molecule has 0 aliphatic heterocycles. The van der Waals surface area contributed by atoms with Gasteiger partial charge in [-0.1, -0.05) is 32.6 Å². The number of rotatable bonds is 8. The van der Waals surface area contributed by atoms with E-state index >= 15 is 0 Å². The van der Waals surface area contributed by atoms with Gasteiger partial charge in [-0.25, -0.2) is 10.1 Å². The third kappa shape index (κ3) is 7.94. The van der Waals surface area contributed by atoms with Crippen molar-refractivity contribution in [2.75, 3.05) is 0 Å². The van der Waals surface area contributed by atoms with E-state index in [0.29, 0.717) is 0 Å². The van der Waals surface area contributed by atoms with Crippen LogP contribution in [0.15, 0.2) is 0 Å². The molecule has 0 amide bonds. The molecule has 4 heteroatoms. The summed E-state index contributed by atoms with van der Waals surface area (Å²) in [6.07, 6.45) is 5.70. The minimum Gasteiger partial charge on any atom is -0.219 e. The van der Waals surface area contributed by atoms with E-state index in [0.717, 1.165) is 12.8 Å². The summed E-state index contributed by atoms with van der Waals surface area (Å²) < 4.78 is 0. The highest BCUT2D eigenvalue weighted by Gasteiger charge is 2.02. The minimum absolute atomic E-state index is 0.0333. The van der Waals surface area contributed by atoms with E-state index in [1.54, 1.807) is 0 Å². The van der Waals surface area contributed by atoms with Crippen LogP contribution in [0.1, 0.15) is 46.0 Å². The van der Waals surface area contributed by atoms with Crippen LogP contribution in [0, 0.1) is 0 Å². The molecule has 0 spiro atoms. The van der Waals surface area contributed by atoms with Crippen molar-refractivity contribution in [2.24, 2.45) is 0 Å². The average Bonchev–Trinajstić information content (AvgIpc) is 2.09. The zero-order valence-corrected chi connectivity index (χ0v) is 7.78. The summed E-state index contributed by atoms with van der Waals surface area (Å²) >= 11 is 0. The molecule has 0 rings (SSSR count). The van der Waals surface area contributed by atoms with Crippen LogP contribution in [0.2, 0.25) is 0 Å². The largest absolute Gasteiger partial charge is 0.219 e. The maximum atomic E-state index is 7.78. The first-order chi connectivity index (χ1) is 5.81. The molecule has 0 aromatic rings. The molecule has 0 aliphatic rings. The van der Waals surface area contributed by atoms with Gasteiger partial charge < -0.3 is 0 Å². The lowest BCUT2D eigenvalue weighted by Crippen LogP contribution is -2.08. The normalized spacial score (nSPS) is 13.2. The molecule has 1 atom stereocenters. The van der Waals surface area contributed by atoms with E-state index in [2.05, 4.69) is 21.9 Å². The minimum atomic E-state index is -0.0333. The molecule has 0 aromatic heterocycles. The average molecular weight is 178 g/mol. The van der Waals surface area contributed by atoms with Crippen LogP contribution < -0.4 is 0 Å². The molecule has 0 fully saturated rings. The fourth-order valence-corrected chi connectivity index (χ4v) is 0.991. The Morgan fingerprint density at radius 3 is 2.58 bits per heavy atom. The number of unbranched alkanes of at least 4 members (excludes halogenated alkanes) is 3. The van der Waals surface area contributed by atoms with Crippen molar-refractivity contribution in [3.05, 3.63) is 0 Å². The third-order valence-corrected chi connectivity index (χ3v) is 1.70. The molecule has 0 bridgehead atoms. The maximum absolute atomic E-state index is 7.78. The summed E-state index contributed by atoms with van der Waals surface area (Å²) in [5.41, 5.74) is 0. The SMILES string of the molecule is CCCCCCC(C)OOOO. The van der Waals surface area contributed by atoms with Gasteiger partial charge in [-0.05, 0) is 23.4 Å². The van der Waals surface area contributed by atoms with Gasteiger partial charge in [0.1, 0.15) is 0 Å². The van der Waals surface area contributed by atoms with Crippen LogP contribution in [0.5, 0.6) is 0 Å². The molecule has 0 aliphatic carbocycles. The smallest absolute Gasteiger partial charge is 0.0934 e. The predicted molar refractivity (Wildman–Crippen MR) is 44.1 cm³/mol. The summed E-state index contributed by atoms with van der Waals surface area (Å²) in [6, 6.07) is 0. The van der Waals surface area contributed by atoms with E-state index in [-0.39, 0.29) is 6.10 Å². The summed E-state index contributed by atoms with van der Waals surface area (Å²) in [6.45, 7) is 4.04. The molecule has 4 nitrogen and oxygen atoms in total. The Labute approximate surface area is 73.2 Å². The Kier molecular flexibility index (Phi) is 8.81. The molecule has 74 valence electrons. The molecule has 0 saturated carbocycles. The van der Waals surface area contributed by atoms with Crippen molar-refractivity contribution in [3.63, 3.8) is 0 Å². The fourth-order valence-electron chi connectivity index (χ4n) is 0.991. The summed E-state index contributed by atoms with van der Waals surface area (Å²) in [5.74, 6) is 0. The van der Waals surface area contributed by atoms with Crippen molar-refractivity contribution < 1.29 is 20.2 Å². The molecular formula is C8H18O4.